The Balaban J connectivity index is 1.87. The zero-order chi connectivity index (χ0) is 18.0. The number of hydrogen-bond acceptors (Lipinski definition) is 4. The number of amides is 1. The fraction of sp³-hybridized carbons (Fsp3) is 0.500. The van der Waals surface area contributed by atoms with Crippen LogP contribution in [0.5, 0.6) is 0 Å². The average Bonchev–Trinajstić information content (AvgIpc) is 2.83. The van der Waals surface area contributed by atoms with Crippen molar-refractivity contribution in [3.8, 4) is 11.4 Å². The maximum Gasteiger partial charge on any atom is 0.408 e. The Hall–Kier alpha value is -1.89. The molecule has 0 radical (unpaired) electrons. The Kier molecular flexibility index (Phi) is 5.13. The number of ether oxygens (including phenoxy) is 1. The second-order valence-electron chi connectivity index (χ2n) is 7.24. The van der Waals surface area contributed by atoms with E-state index in [0.29, 0.717) is 0 Å². The predicted molar refractivity (Wildman–Crippen MR) is 99.1 cm³/mol. The van der Waals surface area contributed by atoms with Crippen molar-refractivity contribution < 1.29 is 9.53 Å². The lowest BCUT2D eigenvalue weighted by Crippen LogP contribution is -2.35. The molecule has 1 atom stereocenters. The van der Waals surface area contributed by atoms with Gasteiger partial charge >= 0.3 is 6.09 Å². The minimum Gasteiger partial charge on any atom is -0.444 e. The third-order valence-corrected chi connectivity index (χ3v) is 4.48. The van der Waals surface area contributed by atoms with E-state index >= 15 is 0 Å². The van der Waals surface area contributed by atoms with Gasteiger partial charge in [0.1, 0.15) is 5.60 Å². The molecule has 0 bridgehead atoms. The van der Waals surface area contributed by atoms with Crippen LogP contribution < -0.4 is 5.32 Å². The van der Waals surface area contributed by atoms with Crippen LogP contribution in [0, 0.1) is 0 Å². The van der Waals surface area contributed by atoms with E-state index in [9.17, 15) is 4.79 Å². The van der Waals surface area contributed by atoms with Crippen LogP contribution in [0.2, 0.25) is 0 Å². The highest BCUT2D eigenvalue weighted by Gasteiger charge is 2.27. The van der Waals surface area contributed by atoms with Crippen molar-refractivity contribution in [1.29, 1.82) is 0 Å². The molecule has 1 aliphatic heterocycles. The number of hydrogen-bond donors (Lipinski definition) is 1. The highest BCUT2D eigenvalue weighted by Crippen LogP contribution is 2.29. The first-order valence-corrected chi connectivity index (χ1v) is 9.31. The predicted octanol–water partition coefficient (Wildman–Crippen LogP) is 4.46. The summed E-state index contributed by atoms with van der Waals surface area (Å²) >= 11 is 3.50. The van der Waals surface area contributed by atoms with Crippen LogP contribution >= 0.6 is 15.9 Å². The molecule has 7 heteroatoms. The molecule has 3 rings (SSSR count). The second-order valence-corrected chi connectivity index (χ2v) is 8.15. The fourth-order valence-corrected chi connectivity index (χ4v) is 3.37. The van der Waals surface area contributed by atoms with Gasteiger partial charge in [0, 0.05) is 16.6 Å². The Labute approximate surface area is 156 Å². The zero-order valence-electron chi connectivity index (χ0n) is 14.8. The van der Waals surface area contributed by atoms with Crippen LogP contribution in [0.4, 0.5) is 4.79 Å². The summed E-state index contributed by atoms with van der Waals surface area (Å²) in [5.74, 6) is 1.62. The first kappa shape index (κ1) is 17.9. The number of nitrogens with zero attached hydrogens (tertiary/aromatic N) is 3. The lowest BCUT2D eigenvalue weighted by atomic mass is 10.1. The summed E-state index contributed by atoms with van der Waals surface area (Å²) in [6.07, 6.45) is 2.45. The van der Waals surface area contributed by atoms with Crippen LogP contribution in [0.3, 0.4) is 0 Å². The van der Waals surface area contributed by atoms with Gasteiger partial charge in [0.05, 0.1) is 6.04 Å². The van der Waals surface area contributed by atoms with Crippen molar-refractivity contribution >= 4 is 22.0 Å². The number of rotatable bonds is 2. The van der Waals surface area contributed by atoms with Crippen molar-refractivity contribution in [3.63, 3.8) is 0 Å². The van der Waals surface area contributed by atoms with Crippen molar-refractivity contribution in [1.82, 2.24) is 20.1 Å². The molecule has 0 fully saturated rings. The SMILES string of the molecule is CC(C)(C)OC(=O)N[C@H]1CCCCn2c(-c3cccc(Br)c3)nnc21. The molecular weight excluding hydrogens is 384 g/mol. The average molecular weight is 407 g/mol. The molecule has 1 aliphatic rings. The van der Waals surface area contributed by atoms with E-state index in [4.69, 9.17) is 4.74 Å². The van der Waals surface area contributed by atoms with Gasteiger partial charge in [-0.2, -0.15) is 0 Å². The molecule has 1 N–H and O–H groups in total. The van der Waals surface area contributed by atoms with Gasteiger partial charge in [-0.15, -0.1) is 10.2 Å². The van der Waals surface area contributed by atoms with Crippen LogP contribution in [0.1, 0.15) is 51.9 Å². The van der Waals surface area contributed by atoms with Crippen LogP contribution in [-0.4, -0.2) is 26.5 Å². The maximum absolute atomic E-state index is 12.2. The van der Waals surface area contributed by atoms with E-state index in [1.54, 1.807) is 0 Å². The molecule has 2 heterocycles. The molecule has 1 aromatic heterocycles. The number of halogens is 1. The number of fused-ring (bicyclic) bond motifs is 1. The number of carbonyl (C=O) groups is 1. The van der Waals surface area contributed by atoms with Gasteiger partial charge < -0.3 is 14.6 Å². The lowest BCUT2D eigenvalue weighted by molar-refractivity contribution is 0.0498. The lowest BCUT2D eigenvalue weighted by Gasteiger charge is -2.22. The van der Waals surface area contributed by atoms with Gasteiger partial charge in [-0.1, -0.05) is 28.1 Å². The third kappa shape index (κ3) is 4.39. The van der Waals surface area contributed by atoms with E-state index < -0.39 is 11.7 Å². The third-order valence-electron chi connectivity index (χ3n) is 3.99. The summed E-state index contributed by atoms with van der Waals surface area (Å²) in [5, 5.41) is 11.7. The molecule has 1 aromatic carbocycles. The molecule has 0 saturated carbocycles. The molecule has 0 aliphatic carbocycles. The molecular formula is C18H23BrN4O2. The summed E-state index contributed by atoms with van der Waals surface area (Å²) in [7, 11) is 0. The Morgan fingerprint density at radius 2 is 2.12 bits per heavy atom. The van der Waals surface area contributed by atoms with Gasteiger partial charge in [-0.05, 0) is 52.2 Å². The second kappa shape index (κ2) is 7.15. The fourth-order valence-electron chi connectivity index (χ4n) is 2.97. The highest BCUT2D eigenvalue weighted by atomic mass is 79.9. The molecule has 134 valence electrons. The normalized spacial score (nSPS) is 17.5. The first-order valence-electron chi connectivity index (χ1n) is 8.52. The summed E-state index contributed by atoms with van der Waals surface area (Å²) in [5.41, 5.74) is 0.482. The topological polar surface area (TPSA) is 69.0 Å². The number of benzene rings is 1. The maximum atomic E-state index is 12.2. The van der Waals surface area contributed by atoms with Crippen LogP contribution in [0.25, 0.3) is 11.4 Å². The monoisotopic (exact) mass is 406 g/mol. The summed E-state index contributed by atoms with van der Waals surface area (Å²) in [4.78, 5) is 12.2. The summed E-state index contributed by atoms with van der Waals surface area (Å²) in [6.45, 7) is 6.41. The van der Waals surface area contributed by atoms with Crippen LogP contribution in [0.15, 0.2) is 28.7 Å². The van der Waals surface area contributed by atoms with Crippen LogP contribution in [-0.2, 0) is 11.3 Å². The van der Waals surface area contributed by atoms with E-state index in [-0.39, 0.29) is 6.04 Å². The highest BCUT2D eigenvalue weighted by molar-refractivity contribution is 9.10. The first-order chi connectivity index (χ1) is 11.8. The van der Waals surface area contributed by atoms with Gasteiger partial charge in [0.15, 0.2) is 11.6 Å². The molecule has 0 spiro atoms. The Bertz CT molecular complexity index is 767. The Morgan fingerprint density at radius 1 is 1.32 bits per heavy atom. The van der Waals surface area contributed by atoms with E-state index in [1.165, 1.54) is 0 Å². The molecule has 6 nitrogen and oxygen atoms in total. The summed E-state index contributed by atoms with van der Waals surface area (Å²) < 4.78 is 8.50. The van der Waals surface area contributed by atoms with E-state index in [0.717, 1.165) is 47.5 Å². The number of aromatic nitrogens is 3. The van der Waals surface area contributed by atoms with Gasteiger partial charge in [0.25, 0.3) is 0 Å². The summed E-state index contributed by atoms with van der Waals surface area (Å²) in [6, 6.07) is 7.82. The van der Waals surface area contributed by atoms with Gasteiger partial charge in [-0.25, -0.2) is 4.79 Å². The van der Waals surface area contributed by atoms with Crippen molar-refractivity contribution in [2.75, 3.05) is 0 Å². The van der Waals surface area contributed by atoms with Crippen molar-refractivity contribution in [2.24, 2.45) is 0 Å². The molecule has 0 saturated heterocycles. The minimum absolute atomic E-state index is 0.189. The smallest absolute Gasteiger partial charge is 0.408 e. The quantitative estimate of drug-likeness (QED) is 0.798. The zero-order valence-corrected chi connectivity index (χ0v) is 16.3. The van der Waals surface area contributed by atoms with E-state index in [1.807, 2.05) is 45.0 Å². The minimum atomic E-state index is -0.524. The van der Waals surface area contributed by atoms with Gasteiger partial charge in [-0.3, -0.25) is 0 Å². The van der Waals surface area contributed by atoms with Crippen molar-refractivity contribution in [2.45, 2.75) is 58.2 Å². The number of alkyl carbamates (subject to hydrolysis) is 1. The van der Waals surface area contributed by atoms with E-state index in [2.05, 4.69) is 36.0 Å². The number of nitrogens with one attached hydrogen (secondary N) is 1. The molecule has 2 aromatic rings. The number of carbonyl (C=O) groups excluding carboxylic acids is 1. The standard InChI is InChI=1S/C18H23BrN4O2/c1-18(2,3)25-17(24)20-14-9-4-5-10-23-15(21-22-16(14)23)12-7-6-8-13(19)11-12/h6-8,11,14H,4-5,9-10H2,1-3H3,(H,20,24)/t14-/m0/s1. The Morgan fingerprint density at radius 3 is 2.84 bits per heavy atom. The molecule has 1 amide bonds. The largest absolute Gasteiger partial charge is 0.444 e. The molecule has 25 heavy (non-hydrogen) atoms. The van der Waals surface area contributed by atoms with Crippen molar-refractivity contribution in [3.05, 3.63) is 34.6 Å². The van der Waals surface area contributed by atoms with Gasteiger partial charge in [0.2, 0.25) is 0 Å². The molecule has 0 unspecified atom stereocenters.